The monoisotopic (exact) mass is 229 g/mol. The highest BCUT2D eigenvalue weighted by atomic mass is 16.3. The van der Waals surface area contributed by atoms with Gasteiger partial charge in [0.15, 0.2) is 0 Å². The molecule has 1 aromatic carbocycles. The lowest BCUT2D eigenvalue weighted by Crippen LogP contribution is -2.21. The average molecular weight is 229 g/mol. The fraction of sp³-hybridized carbons (Fsp3) is 0.333. The first-order valence-electron chi connectivity index (χ1n) is 6.17. The Kier molecular flexibility index (Phi) is 3.99. The molecule has 0 amide bonds. The Balaban J connectivity index is 2.30. The van der Waals surface area contributed by atoms with Crippen molar-refractivity contribution < 1.29 is 4.42 Å². The van der Waals surface area contributed by atoms with Crippen LogP contribution in [0.3, 0.4) is 0 Å². The van der Waals surface area contributed by atoms with E-state index in [9.17, 15) is 0 Å². The summed E-state index contributed by atoms with van der Waals surface area (Å²) in [5.41, 5.74) is 2.18. The van der Waals surface area contributed by atoms with Crippen molar-refractivity contribution >= 4 is 11.0 Å². The molecule has 0 bridgehead atoms. The van der Waals surface area contributed by atoms with Crippen LogP contribution < -0.4 is 5.32 Å². The quantitative estimate of drug-likeness (QED) is 0.756. The van der Waals surface area contributed by atoms with Crippen molar-refractivity contribution in [3.05, 3.63) is 48.7 Å². The number of fused-ring (bicyclic) bond motifs is 1. The summed E-state index contributed by atoms with van der Waals surface area (Å²) >= 11 is 0. The lowest BCUT2D eigenvalue weighted by molar-refractivity contribution is 0.526. The third-order valence-corrected chi connectivity index (χ3v) is 2.93. The fourth-order valence-electron chi connectivity index (χ4n) is 2.07. The van der Waals surface area contributed by atoms with Gasteiger partial charge in [0.05, 0.1) is 6.26 Å². The molecular weight excluding hydrogens is 210 g/mol. The first-order valence-corrected chi connectivity index (χ1v) is 6.17. The van der Waals surface area contributed by atoms with E-state index in [1.165, 1.54) is 10.9 Å². The molecule has 17 heavy (non-hydrogen) atoms. The van der Waals surface area contributed by atoms with Gasteiger partial charge in [0.1, 0.15) is 5.58 Å². The molecule has 0 aliphatic rings. The molecule has 2 rings (SSSR count). The van der Waals surface area contributed by atoms with Crippen LogP contribution in [0.1, 0.15) is 31.4 Å². The zero-order valence-corrected chi connectivity index (χ0v) is 10.3. The van der Waals surface area contributed by atoms with Gasteiger partial charge >= 0.3 is 0 Å². The summed E-state index contributed by atoms with van der Waals surface area (Å²) in [5, 5.41) is 4.73. The van der Waals surface area contributed by atoms with Gasteiger partial charge in [-0.3, -0.25) is 0 Å². The highest BCUT2D eigenvalue weighted by Crippen LogP contribution is 2.28. The molecule has 90 valence electrons. The molecule has 0 aliphatic heterocycles. The fourth-order valence-corrected chi connectivity index (χ4v) is 2.07. The topological polar surface area (TPSA) is 25.2 Å². The van der Waals surface area contributed by atoms with E-state index in [1.807, 2.05) is 30.5 Å². The number of nitrogens with one attached hydrogen (secondary N) is 1. The Morgan fingerprint density at radius 1 is 1.41 bits per heavy atom. The van der Waals surface area contributed by atoms with Crippen LogP contribution in [-0.2, 0) is 0 Å². The molecule has 1 aromatic heterocycles. The second-order valence-electron chi connectivity index (χ2n) is 4.22. The van der Waals surface area contributed by atoms with Crippen LogP contribution in [0.25, 0.3) is 11.0 Å². The summed E-state index contributed by atoms with van der Waals surface area (Å²) in [6.45, 7) is 7.01. The van der Waals surface area contributed by atoms with Crippen molar-refractivity contribution in [3.8, 4) is 0 Å². The maximum Gasteiger partial charge on any atom is 0.134 e. The van der Waals surface area contributed by atoms with Crippen LogP contribution in [0.5, 0.6) is 0 Å². The minimum atomic E-state index is 0.302. The van der Waals surface area contributed by atoms with E-state index in [-0.39, 0.29) is 0 Å². The largest absolute Gasteiger partial charge is 0.464 e. The van der Waals surface area contributed by atoms with E-state index in [4.69, 9.17) is 4.42 Å². The Morgan fingerprint density at radius 3 is 3.00 bits per heavy atom. The molecule has 2 nitrogen and oxygen atoms in total. The highest BCUT2D eigenvalue weighted by Gasteiger charge is 2.14. The van der Waals surface area contributed by atoms with E-state index in [2.05, 4.69) is 24.9 Å². The number of furan rings is 1. The molecule has 2 aromatic rings. The van der Waals surface area contributed by atoms with Crippen molar-refractivity contribution in [1.29, 1.82) is 0 Å². The first kappa shape index (κ1) is 11.9. The SMILES string of the molecule is C=CCC(NCCC)c1coc2ccccc12. The van der Waals surface area contributed by atoms with Gasteiger partial charge in [-0.2, -0.15) is 0 Å². The van der Waals surface area contributed by atoms with Crippen molar-refractivity contribution in [2.75, 3.05) is 6.54 Å². The minimum Gasteiger partial charge on any atom is -0.464 e. The molecule has 1 unspecified atom stereocenters. The summed E-state index contributed by atoms with van der Waals surface area (Å²) in [6.07, 6.45) is 5.86. The van der Waals surface area contributed by atoms with E-state index in [0.717, 1.165) is 25.0 Å². The van der Waals surface area contributed by atoms with E-state index in [0.29, 0.717) is 6.04 Å². The Labute approximate surface area is 102 Å². The summed E-state index contributed by atoms with van der Waals surface area (Å²) < 4.78 is 5.58. The Morgan fingerprint density at radius 2 is 2.24 bits per heavy atom. The number of rotatable bonds is 6. The first-order chi connectivity index (χ1) is 8.36. The molecule has 0 saturated carbocycles. The zero-order chi connectivity index (χ0) is 12.1. The molecule has 0 saturated heterocycles. The van der Waals surface area contributed by atoms with Gasteiger partial charge in [0, 0.05) is 17.0 Å². The van der Waals surface area contributed by atoms with E-state index < -0.39 is 0 Å². The third kappa shape index (κ3) is 2.59. The third-order valence-electron chi connectivity index (χ3n) is 2.93. The van der Waals surface area contributed by atoms with Crippen molar-refractivity contribution in [2.24, 2.45) is 0 Å². The van der Waals surface area contributed by atoms with Gasteiger partial charge < -0.3 is 9.73 Å². The summed E-state index contributed by atoms with van der Waals surface area (Å²) in [4.78, 5) is 0. The number of hydrogen-bond acceptors (Lipinski definition) is 2. The molecule has 1 N–H and O–H groups in total. The average Bonchev–Trinajstić information content (AvgIpc) is 2.78. The van der Waals surface area contributed by atoms with Crippen LogP contribution in [0, 0.1) is 0 Å². The van der Waals surface area contributed by atoms with Crippen LogP contribution in [0.15, 0.2) is 47.6 Å². The summed E-state index contributed by atoms with van der Waals surface area (Å²) in [6, 6.07) is 8.46. The molecule has 2 heteroatoms. The predicted molar refractivity (Wildman–Crippen MR) is 72.1 cm³/mol. The van der Waals surface area contributed by atoms with Crippen LogP contribution in [-0.4, -0.2) is 6.54 Å². The van der Waals surface area contributed by atoms with E-state index >= 15 is 0 Å². The van der Waals surface area contributed by atoms with Gasteiger partial charge in [-0.1, -0.05) is 31.2 Å². The van der Waals surface area contributed by atoms with Gasteiger partial charge in [0.25, 0.3) is 0 Å². The van der Waals surface area contributed by atoms with Crippen molar-refractivity contribution in [3.63, 3.8) is 0 Å². The standard InChI is InChI=1S/C15H19NO/c1-3-7-14(16-10-4-2)13-11-17-15-9-6-5-8-12(13)15/h3,5-6,8-9,11,14,16H,1,4,7,10H2,2H3. The molecular formula is C15H19NO. The maximum atomic E-state index is 5.58. The van der Waals surface area contributed by atoms with Gasteiger partial charge in [-0.05, 0) is 25.5 Å². The van der Waals surface area contributed by atoms with E-state index in [1.54, 1.807) is 0 Å². The second kappa shape index (κ2) is 5.69. The van der Waals surface area contributed by atoms with Crippen LogP contribution in [0.2, 0.25) is 0 Å². The molecule has 0 radical (unpaired) electrons. The van der Waals surface area contributed by atoms with Gasteiger partial charge in [0.2, 0.25) is 0 Å². The molecule has 0 spiro atoms. The Bertz CT molecular complexity index is 486. The molecule has 0 fully saturated rings. The summed E-state index contributed by atoms with van der Waals surface area (Å²) in [5.74, 6) is 0. The molecule has 0 aliphatic carbocycles. The zero-order valence-electron chi connectivity index (χ0n) is 10.3. The lowest BCUT2D eigenvalue weighted by Gasteiger charge is -2.15. The minimum absolute atomic E-state index is 0.302. The smallest absolute Gasteiger partial charge is 0.134 e. The number of benzene rings is 1. The van der Waals surface area contributed by atoms with Crippen molar-refractivity contribution in [2.45, 2.75) is 25.8 Å². The molecule has 1 atom stereocenters. The summed E-state index contributed by atoms with van der Waals surface area (Å²) in [7, 11) is 0. The Hall–Kier alpha value is -1.54. The number of para-hydroxylation sites is 1. The van der Waals surface area contributed by atoms with Crippen LogP contribution in [0.4, 0.5) is 0 Å². The highest BCUT2D eigenvalue weighted by molar-refractivity contribution is 5.81. The second-order valence-corrected chi connectivity index (χ2v) is 4.22. The molecule has 1 heterocycles. The lowest BCUT2D eigenvalue weighted by atomic mass is 10.0. The van der Waals surface area contributed by atoms with Crippen molar-refractivity contribution in [1.82, 2.24) is 5.32 Å². The number of hydrogen-bond donors (Lipinski definition) is 1. The van der Waals surface area contributed by atoms with Gasteiger partial charge in [-0.25, -0.2) is 0 Å². The van der Waals surface area contributed by atoms with Gasteiger partial charge in [-0.15, -0.1) is 6.58 Å². The predicted octanol–water partition coefficient (Wildman–Crippen LogP) is 4.05. The van der Waals surface area contributed by atoms with Crippen LogP contribution >= 0.6 is 0 Å². The maximum absolute atomic E-state index is 5.58. The normalized spacial score (nSPS) is 12.8.